The van der Waals surface area contributed by atoms with Crippen LogP contribution in [-0.4, -0.2) is 51.8 Å². The predicted octanol–water partition coefficient (Wildman–Crippen LogP) is 0.0461. The van der Waals surface area contributed by atoms with Gasteiger partial charge in [-0.3, -0.25) is 14.5 Å². The average Bonchev–Trinajstić information content (AvgIpc) is 2.14. The molecule has 0 atom stereocenters. The van der Waals surface area contributed by atoms with Crippen LogP contribution in [0.3, 0.4) is 0 Å². The van der Waals surface area contributed by atoms with Crippen molar-refractivity contribution in [1.29, 1.82) is 0 Å². The fourth-order valence-electron chi connectivity index (χ4n) is 1.27. The van der Waals surface area contributed by atoms with Gasteiger partial charge in [-0.1, -0.05) is 0 Å². The molecular formula is C10H13N3O4. The molecule has 7 nitrogen and oxygen atoms in total. The first-order valence-corrected chi connectivity index (χ1v) is 5.01. The third kappa shape index (κ3) is 3.22. The van der Waals surface area contributed by atoms with Crippen molar-refractivity contribution in [3.8, 4) is 0 Å². The Labute approximate surface area is 98.0 Å². The number of amides is 1. The summed E-state index contributed by atoms with van der Waals surface area (Å²) in [6, 6.07) is 0. The van der Waals surface area contributed by atoms with Gasteiger partial charge in [-0.15, -0.1) is 0 Å². The van der Waals surface area contributed by atoms with Gasteiger partial charge in [0.25, 0.3) is 11.6 Å². The molecule has 0 aromatic carbocycles. The summed E-state index contributed by atoms with van der Waals surface area (Å²) in [6.45, 7) is 4.40. The summed E-state index contributed by atoms with van der Waals surface area (Å²) in [7, 11) is 0. The predicted molar refractivity (Wildman–Crippen MR) is 56.4 cm³/mol. The molecule has 1 rings (SSSR count). The molecule has 92 valence electrons. The van der Waals surface area contributed by atoms with Crippen LogP contribution in [-0.2, 0) is 14.3 Å². The molecule has 1 heterocycles. The van der Waals surface area contributed by atoms with Crippen molar-refractivity contribution in [1.82, 2.24) is 4.90 Å². The van der Waals surface area contributed by atoms with E-state index in [1.54, 1.807) is 20.8 Å². The Balaban J connectivity index is 2.78. The summed E-state index contributed by atoms with van der Waals surface area (Å²) < 4.78 is 5.02. The fraction of sp³-hybridized carbons (Fsp3) is 0.600. The van der Waals surface area contributed by atoms with E-state index < -0.39 is 29.0 Å². The van der Waals surface area contributed by atoms with E-state index >= 15 is 0 Å². The first-order valence-electron chi connectivity index (χ1n) is 5.01. The van der Waals surface area contributed by atoms with Crippen LogP contribution >= 0.6 is 0 Å². The molecule has 0 aliphatic carbocycles. The summed E-state index contributed by atoms with van der Waals surface area (Å²) in [6.07, 6.45) is -0.740. The number of piperidine rings is 1. The van der Waals surface area contributed by atoms with E-state index in [0.717, 1.165) is 4.90 Å². The van der Waals surface area contributed by atoms with Gasteiger partial charge in [0.1, 0.15) is 5.60 Å². The molecule has 1 fully saturated rings. The minimum absolute atomic E-state index is 0.319. The van der Waals surface area contributed by atoms with E-state index in [1.807, 2.05) is 0 Å². The Morgan fingerprint density at radius 1 is 1.29 bits per heavy atom. The summed E-state index contributed by atoms with van der Waals surface area (Å²) >= 11 is 0. The Morgan fingerprint density at radius 3 is 2.12 bits per heavy atom. The van der Waals surface area contributed by atoms with E-state index in [0.29, 0.717) is 0 Å². The summed E-state index contributed by atoms with van der Waals surface area (Å²) in [5, 5.41) is 0. The maximum atomic E-state index is 11.6. The number of likely N-dealkylation sites (tertiary alicyclic amines) is 1. The zero-order chi connectivity index (χ0) is 13.2. The zero-order valence-corrected chi connectivity index (χ0v) is 9.89. The molecule has 7 heteroatoms. The first-order chi connectivity index (χ1) is 7.74. The van der Waals surface area contributed by atoms with Crippen LogP contribution in [0.4, 0.5) is 4.79 Å². The van der Waals surface area contributed by atoms with Crippen molar-refractivity contribution >= 4 is 23.4 Å². The van der Waals surface area contributed by atoms with Gasteiger partial charge in [0.2, 0.25) is 0 Å². The fourth-order valence-corrected chi connectivity index (χ4v) is 1.27. The number of carbonyl (C=O) groups is 3. The molecule has 0 N–H and O–H groups in total. The molecular weight excluding hydrogens is 226 g/mol. The monoisotopic (exact) mass is 239 g/mol. The quantitative estimate of drug-likeness (QED) is 0.440. The summed E-state index contributed by atoms with van der Waals surface area (Å²) in [5.74, 6) is -1.40. The van der Waals surface area contributed by atoms with Crippen molar-refractivity contribution in [3.63, 3.8) is 0 Å². The molecule has 1 aliphatic rings. The number of hydrogen-bond acceptors (Lipinski definition) is 4. The lowest BCUT2D eigenvalue weighted by Crippen LogP contribution is -2.51. The van der Waals surface area contributed by atoms with Crippen LogP contribution in [0.1, 0.15) is 20.8 Å². The molecule has 0 aromatic heterocycles. The lowest BCUT2D eigenvalue weighted by atomic mass is 10.1. The van der Waals surface area contributed by atoms with Crippen LogP contribution in [0.25, 0.3) is 5.53 Å². The van der Waals surface area contributed by atoms with Crippen LogP contribution in [0, 0.1) is 0 Å². The second-order valence-corrected chi connectivity index (χ2v) is 4.63. The highest BCUT2D eigenvalue weighted by molar-refractivity contribution is 6.66. The van der Waals surface area contributed by atoms with Crippen LogP contribution < -0.4 is 0 Å². The van der Waals surface area contributed by atoms with Crippen molar-refractivity contribution in [2.24, 2.45) is 0 Å². The van der Waals surface area contributed by atoms with E-state index in [2.05, 4.69) is 4.79 Å². The highest BCUT2D eigenvalue weighted by atomic mass is 16.6. The number of ether oxygens (including phenoxy) is 1. The minimum atomic E-state index is -0.740. The van der Waals surface area contributed by atoms with E-state index in [-0.39, 0.29) is 13.1 Å². The second kappa shape index (κ2) is 4.47. The van der Waals surface area contributed by atoms with Crippen molar-refractivity contribution in [3.05, 3.63) is 5.53 Å². The molecule has 0 unspecified atom stereocenters. The summed E-state index contributed by atoms with van der Waals surface area (Å²) in [5.41, 5.74) is 7.23. The largest absolute Gasteiger partial charge is 0.444 e. The molecule has 0 spiro atoms. The van der Waals surface area contributed by atoms with Gasteiger partial charge in [0.15, 0.2) is 0 Å². The molecule has 1 aliphatic heterocycles. The van der Waals surface area contributed by atoms with E-state index in [9.17, 15) is 14.4 Å². The number of carbonyl (C=O) groups excluding carboxylic acids is 3. The average molecular weight is 239 g/mol. The SMILES string of the molecule is CC(C)(C)OC(=O)N1CC(=O)C(=[N+]=[N-])C(=O)C1. The standard InChI is InChI=1S/C10H13N3O4/c1-10(2,3)17-9(16)13-4-6(14)8(12-11)7(15)5-13/h4-5H2,1-3H3. The van der Waals surface area contributed by atoms with Gasteiger partial charge in [-0.05, 0) is 20.8 Å². The van der Waals surface area contributed by atoms with Crippen molar-refractivity contribution in [2.75, 3.05) is 13.1 Å². The highest BCUT2D eigenvalue weighted by Gasteiger charge is 2.40. The van der Waals surface area contributed by atoms with Gasteiger partial charge in [-0.2, -0.15) is 4.79 Å². The van der Waals surface area contributed by atoms with Gasteiger partial charge in [0.05, 0.1) is 13.1 Å². The van der Waals surface area contributed by atoms with Crippen LogP contribution in [0.2, 0.25) is 0 Å². The lowest BCUT2D eigenvalue weighted by molar-refractivity contribution is -0.129. The van der Waals surface area contributed by atoms with Gasteiger partial charge >= 0.3 is 11.8 Å². The molecule has 1 saturated heterocycles. The number of Topliss-reactive ketones (excluding diaryl/α,β-unsaturated/α-hetero) is 2. The number of rotatable bonds is 0. The Morgan fingerprint density at radius 2 is 1.76 bits per heavy atom. The zero-order valence-electron chi connectivity index (χ0n) is 9.89. The van der Waals surface area contributed by atoms with Gasteiger partial charge in [-0.25, -0.2) is 4.79 Å². The highest BCUT2D eigenvalue weighted by Crippen LogP contribution is 2.11. The van der Waals surface area contributed by atoms with Gasteiger partial charge < -0.3 is 10.3 Å². The third-order valence-corrected chi connectivity index (χ3v) is 1.95. The number of nitrogens with zero attached hydrogens (tertiary/aromatic N) is 3. The Hall–Kier alpha value is -2.01. The molecule has 0 radical (unpaired) electrons. The molecule has 0 bridgehead atoms. The Bertz CT molecular complexity index is 409. The number of ketones is 2. The van der Waals surface area contributed by atoms with Crippen molar-refractivity contribution < 1.29 is 23.9 Å². The third-order valence-electron chi connectivity index (χ3n) is 1.95. The molecule has 1 amide bonds. The Kier molecular flexibility index (Phi) is 3.43. The summed E-state index contributed by atoms with van der Waals surface area (Å²) in [4.78, 5) is 37.9. The normalized spacial score (nSPS) is 16.9. The van der Waals surface area contributed by atoms with E-state index in [1.165, 1.54) is 0 Å². The van der Waals surface area contributed by atoms with E-state index in [4.69, 9.17) is 10.3 Å². The maximum Gasteiger partial charge on any atom is 0.411 e. The molecule has 17 heavy (non-hydrogen) atoms. The maximum absolute atomic E-state index is 11.6. The van der Waals surface area contributed by atoms with Crippen LogP contribution in [0.15, 0.2) is 0 Å². The minimum Gasteiger partial charge on any atom is -0.444 e. The van der Waals surface area contributed by atoms with Crippen molar-refractivity contribution in [2.45, 2.75) is 26.4 Å². The topological polar surface area (TPSA) is 100 Å². The number of hydrogen-bond donors (Lipinski definition) is 0. The second-order valence-electron chi connectivity index (χ2n) is 4.63. The lowest BCUT2D eigenvalue weighted by Gasteiger charge is -2.27. The van der Waals surface area contributed by atoms with Crippen LogP contribution in [0.5, 0.6) is 0 Å². The first kappa shape index (κ1) is 13.1. The van der Waals surface area contributed by atoms with Gasteiger partial charge in [0, 0.05) is 0 Å². The smallest absolute Gasteiger partial charge is 0.411 e. The molecule has 0 aromatic rings. The molecule has 0 saturated carbocycles.